The third kappa shape index (κ3) is 3.21. The van der Waals surface area contributed by atoms with Crippen LogP contribution >= 0.6 is 0 Å². The van der Waals surface area contributed by atoms with E-state index in [2.05, 4.69) is 19.2 Å². The third-order valence-corrected chi connectivity index (χ3v) is 4.23. The van der Waals surface area contributed by atoms with Crippen LogP contribution in [0.25, 0.3) is 0 Å². The van der Waals surface area contributed by atoms with E-state index in [1.54, 1.807) is 0 Å². The minimum Gasteiger partial charge on any atom is -0.378 e. The van der Waals surface area contributed by atoms with Gasteiger partial charge in [-0.25, -0.2) is 0 Å². The number of nitrogens with one attached hydrogen (secondary N) is 1. The van der Waals surface area contributed by atoms with Crippen LogP contribution in [0.2, 0.25) is 0 Å². The predicted molar refractivity (Wildman–Crippen MR) is 67.6 cm³/mol. The van der Waals surface area contributed by atoms with Crippen LogP contribution in [-0.4, -0.2) is 25.3 Å². The van der Waals surface area contributed by atoms with Crippen LogP contribution in [-0.2, 0) is 4.74 Å². The number of hydrogen-bond acceptors (Lipinski definition) is 2. The molecule has 1 saturated carbocycles. The monoisotopic (exact) mass is 225 g/mol. The normalized spacial score (nSPS) is 29.1. The summed E-state index contributed by atoms with van der Waals surface area (Å²) < 4.78 is 5.82. The highest BCUT2D eigenvalue weighted by molar-refractivity contribution is 4.90. The standard InChI is InChI=1S/C14H27NO/c1-12(2)15-11-14(7-3-4-8-14)10-13-6-5-9-16-13/h12-13,15H,3-11H2,1-2H3. The summed E-state index contributed by atoms with van der Waals surface area (Å²) in [5, 5.41) is 3.65. The number of ether oxygens (including phenoxy) is 1. The smallest absolute Gasteiger partial charge is 0.0581 e. The molecular weight excluding hydrogens is 198 g/mol. The Hall–Kier alpha value is -0.0800. The SMILES string of the molecule is CC(C)NCC1(CC2CCCO2)CCCC1. The zero-order valence-corrected chi connectivity index (χ0v) is 10.9. The second-order valence-corrected chi connectivity index (χ2v) is 6.08. The maximum atomic E-state index is 5.82. The van der Waals surface area contributed by atoms with E-state index in [1.165, 1.54) is 51.5 Å². The molecule has 2 nitrogen and oxygen atoms in total. The highest BCUT2D eigenvalue weighted by Gasteiger charge is 2.36. The maximum Gasteiger partial charge on any atom is 0.0581 e. The van der Waals surface area contributed by atoms with Crippen LogP contribution in [0.15, 0.2) is 0 Å². The lowest BCUT2D eigenvalue weighted by atomic mass is 9.80. The molecule has 94 valence electrons. The molecule has 2 aliphatic rings. The van der Waals surface area contributed by atoms with Gasteiger partial charge >= 0.3 is 0 Å². The van der Waals surface area contributed by atoms with Crippen molar-refractivity contribution in [2.75, 3.05) is 13.2 Å². The molecule has 1 heterocycles. The van der Waals surface area contributed by atoms with E-state index >= 15 is 0 Å². The van der Waals surface area contributed by atoms with E-state index in [0.29, 0.717) is 17.6 Å². The molecule has 0 amide bonds. The van der Waals surface area contributed by atoms with Crippen molar-refractivity contribution < 1.29 is 4.74 Å². The van der Waals surface area contributed by atoms with Crippen molar-refractivity contribution in [2.24, 2.45) is 5.41 Å². The van der Waals surface area contributed by atoms with E-state index in [4.69, 9.17) is 4.74 Å². The lowest BCUT2D eigenvalue weighted by molar-refractivity contribution is 0.0610. The molecule has 1 unspecified atom stereocenters. The summed E-state index contributed by atoms with van der Waals surface area (Å²) in [4.78, 5) is 0. The highest BCUT2D eigenvalue weighted by Crippen LogP contribution is 2.43. The van der Waals surface area contributed by atoms with E-state index in [9.17, 15) is 0 Å². The van der Waals surface area contributed by atoms with E-state index < -0.39 is 0 Å². The molecule has 16 heavy (non-hydrogen) atoms. The van der Waals surface area contributed by atoms with Gasteiger partial charge in [0.1, 0.15) is 0 Å². The molecule has 1 aliphatic carbocycles. The second-order valence-electron chi connectivity index (χ2n) is 6.08. The fourth-order valence-corrected chi connectivity index (χ4v) is 3.29. The summed E-state index contributed by atoms with van der Waals surface area (Å²) in [6, 6.07) is 0.613. The van der Waals surface area contributed by atoms with Gasteiger partial charge in [0.2, 0.25) is 0 Å². The summed E-state index contributed by atoms with van der Waals surface area (Å²) in [7, 11) is 0. The predicted octanol–water partition coefficient (Wildman–Crippen LogP) is 3.11. The first-order valence-electron chi connectivity index (χ1n) is 7.05. The van der Waals surface area contributed by atoms with E-state index in [0.717, 1.165) is 6.61 Å². The fourth-order valence-electron chi connectivity index (χ4n) is 3.29. The summed E-state index contributed by atoms with van der Waals surface area (Å²) in [5.74, 6) is 0. The first kappa shape index (κ1) is 12.4. The first-order valence-corrected chi connectivity index (χ1v) is 7.05. The van der Waals surface area contributed by atoms with Gasteiger partial charge in [-0.1, -0.05) is 26.7 Å². The Balaban J connectivity index is 1.86. The molecule has 1 aliphatic heterocycles. The molecule has 0 aromatic rings. The molecule has 0 aromatic carbocycles. The van der Waals surface area contributed by atoms with Crippen LogP contribution in [0.3, 0.4) is 0 Å². The molecule has 0 spiro atoms. The van der Waals surface area contributed by atoms with Gasteiger partial charge in [-0.3, -0.25) is 0 Å². The van der Waals surface area contributed by atoms with Crippen molar-refractivity contribution in [1.82, 2.24) is 5.32 Å². The minimum atomic E-state index is 0.555. The Morgan fingerprint density at radius 3 is 2.56 bits per heavy atom. The topological polar surface area (TPSA) is 21.3 Å². The Morgan fingerprint density at radius 1 is 1.25 bits per heavy atom. The lowest BCUT2D eigenvalue weighted by Crippen LogP contribution is -2.38. The van der Waals surface area contributed by atoms with Crippen LogP contribution in [0, 0.1) is 5.41 Å². The van der Waals surface area contributed by atoms with Gasteiger partial charge in [0, 0.05) is 19.2 Å². The van der Waals surface area contributed by atoms with Crippen LogP contribution in [0.1, 0.15) is 58.8 Å². The van der Waals surface area contributed by atoms with E-state index in [1.807, 2.05) is 0 Å². The minimum absolute atomic E-state index is 0.555. The average Bonchev–Trinajstić information content (AvgIpc) is 2.88. The zero-order valence-electron chi connectivity index (χ0n) is 10.9. The molecule has 0 radical (unpaired) electrons. The molecule has 1 atom stereocenters. The van der Waals surface area contributed by atoms with Gasteiger partial charge < -0.3 is 10.1 Å². The lowest BCUT2D eigenvalue weighted by Gasteiger charge is -2.32. The third-order valence-electron chi connectivity index (χ3n) is 4.23. The first-order chi connectivity index (χ1) is 7.70. The Labute approximate surface area is 100 Å². The van der Waals surface area contributed by atoms with Crippen molar-refractivity contribution in [2.45, 2.75) is 70.9 Å². The quantitative estimate of drug-likeness (QED) is 0.776. The van der Waals surface area contributed by atoms with Crippen LogP contribution < -0.4 is 5.32 Å². The van der Waals surface area contributed by atoms with E-state index in [-0.39, 0.29) is 0 Å². The van der Waals surface area contributed by atoms with Gasteiger partial charge in [-0.05, 0) is 37.5 Å². The van der Waals surface area contributed by atoms with Gasteiger partial charge in [-0.2, -0.15) is 0 Å². The Kier molecular flexibility index (Phi) is 4.26. The Bertz CT molecular complexity index is 203. The van der Waals surface area contributed by atoms with Crippen molar-refractivity contribution in [3.63, 3.8) is 0 Å². The maximum absolute atomic E-state index is 5.82. The van der Waals surface area contributed by atoms with Crippen LogP contribution in [0.4, 0.5) is 0 Å². The number of hydrogen-bond donors (Lipinski definition) is 1. The highest BCUT2D eigenvalue weighted by atomic mass is 16.5. The summed E-state index contributed by atoms with van der Waals surface area (Å²) in [6.07, 6.45) is 10.1. The van der Waals surface area contributed by atoms with Gasteiger partial charge in [0.05, 0.1) is 6.10 Å². The average molecular weight is 225 g/mol. The summed E-state index contributed by atoms with van der Waals surface area (Å²) >= 11 is 0. The van der Waals surface area contributed by atoms with Gasteiger partial charge in [-0.15, -0.1) is 0 Å². The molecule has 1 saturated heterocycles. The molecule has 0 aromatic heterocycles. The summed E-state index contributed by atoms with van der Waals surface area (Å²) in [6.45, 7) is 6.69. The fraction of sp³-hybridized carbons (Fsp3) is 1.00. The van der Waals surface area contributed by atoms with Crippen molar-refractivity contribution >= 4 is 0 Å². The zero-order chi connectivity index (χ0) is 11.4. The molecule has 2 heteroatoms. The number of rotatable bonds is 5. The molecule has 2 fully saturated rings. The van der Waals surface area contributed by atoms with Crippen molar-refractivity contribution in [3.8, 4) is 0 Å². The summed E-state index contributed by atoms with van der Waals surface area (Å²) in [5.41, 5.74) is 0.555. The largest absolute Gasteiger partial charge is 0.378 e. The van der Waals surface area contributed by atoms with Gasteiger partial charge in [0.15, 0.2) is 0 Å². The molecule has 1 N–H and O–H groups in total. The van der Waals surface area contributed by atoms with Crippen LogP contribution in [0.5, 0.6) is 0 Å². The van der Waals surface area contributed by atoms with Gasteiger partial charge in [0.25, 0.3) is 0 Å². The second kappa shape index (κ2) is 5.50. The Morgan fingerprint density at radius 2 is 2.00 bits per heavy atom. The van der Waals surface area contributed by atoms with Crippen molar-refractivity contribution in [3.05, 3.63) is 0 Å². The van der Waals surface area contributed by atoms with Crippen molar-refractivity contribution in [1.29, 1.82) is 0 Å². The molecule has 0 bridgehead atoms. The molecule has 2 rings (SSSR count). The molecular formula is C14H27NO.